The Balaban J connectivity index is 1.47. The van der Waals surface area contributed by atoms with Crippen LogP contribution >= 0.6 is 11.6 Å². The van der Waals surface area contributed by atoms with Gasteiger partial charge in [-0.2, -0.15) is 5.10 Å². The average Bonchev–Trinajstić information content (AvgIpc) is 2.82. The van der Waals surface area contributed by atoms with Crippen LogP contribution in [0.25, 0.3) is 0 Å². The fourth-order valence-corrected chi connectivity index (χ4v) is 4.10. The predicted octanol–water partition coefficient (Wildman–Crippen LogP) is 4.24. The van der Waals surface area contributed by atoms with Crippen molar-refractivity contribution in [3.63, 3.8) is 0 Å². The first kappa shape index (κ1) is 24.0. The number of carbonyl (C=O) groups is 2. The molecule has 0 saturated carbocycles. The van der Waals surface area contributed by atoms with Crippen molar-refractivity contribution in [1.29, 1.82) is 0 Å². The molecule has 2 aromatic carbocycles. The average molecular weight is 455 g/mol. The number of halogens is 1. The molecule has 0 aliphatic carbocycles. The Morgan fingerprint density at radius 2 is 1.81 bits per heavy atom. The number of carbonyl (C=O) groups excluding carboxylic acids is 2. The predicted molar refractivity (Wildman–Crippen MR) is 129 cm³/mol. The standard InChI is InChI=1S/C25H31ClN4O2/c26-22-13-9-10-20(18-22)19-28-29-25(32)23(30-16-7-2-8-17-30)14-5-6-15-27-24(31)21-11-3-1-4-12-21/h1,3-4,9-13,18-19,23H,2,5-8,14-17H2,(H,27,31)(H,29,32)/b28-19+. The Morgan fingerprint density at radius 1 is 1.03 bits per heavy atom. The van der Waals surface area contributed by atoms with Crippen molar-refractivity contribution in [3.05, 3.63) is 70.7 Å². The summed E-state index contributed by atoms with van der Waals surface area (Å²) in [5, 5.41) is 7.71. The molecule has 1 fully saturated rings. The molecule has 6 nitrogen and oxygen atoms in total. The summed E-state index contributed by atoms with van der Waals surface area (Å²) in [6, 6.07) is 16.3. The lowest BCUT2D eigenvalue weighted by Gasteiger charge is -2.33. The normalized spacial score (nSPS) is 15.4. The smallest absolute Gasteiger partial charge is 0.257 e. The highest BCUT2D eigenvalue weighted by atomic mass is 35.5. The van der Waals surface area contributed by atoms with Crippen LogP contribution in [0.1, 0.15) is 54.4 Å². The number of hydrogen-bond acceptors (Lipinski definition) is 4. The van der Waals surface area contributed by atoms with Gasteiger partial charge in [0.05, 0.1) is 12.3 Å². The summed E-state index contributed by atoms with van der Waals surface area (Å²) in [4.78, 5) is 27.3. The number of likely N-dealkylation sites (tertiary alicyclic amines) is 1. The number of nitrogens with zero attached hydrogens (tertiary/aromatic N) is 2. The summed E-state index contributed by atoms with van der Waals surface area (Å²) in [5.74, 6) is -0.148. The maximum absolute atomic E-state index is 12.9. The number of hydrazone groups is 1. The van der Waals surface area contributed by atoms with Crippen molar-refractivity contribution in [2.75, 3.05) is 19.6 Å². The molecule has 0 aromatic heterocycles. The zero-order chi connectivity index (χ0) is 22.6. The van der Waals surface area contributed by atoms with E-state index < -0.39 is 0 Å². The Bertz CT molecular complexity index is 898. The Kier molecular flexibility index (Phi) is 9.72. The van der Waals surface area contributed by atoms with Crippen molar-refractivity contribution in [1.82, 2.24) is 15.6 Å². The number of rotatable bonds is 10. The Labute approximate surface area is 195 Å². The molecule has 0 radical (unpaired) electrons. The van der Waals surface area contributed by atoms with E-state index in [-0.39, 0.29) is 17.9 Å². The van der Waals surface area contributed by atoms with Crippen molar-refractivity contribution in [3.8, 4) is 0 Å². The van der Waals surface area contributed by atoms with E-state index in [0.717, 1.165) is 50.8 Å². The molecule has 0 bridgehead atoms. The molecule has 1 unspecified atom stereocenters. The van der Waals surface area contributed by atoms with Crippen LogP contribution in [0.15, 0.2) is 59.7 Å². The van der Waals surface area contributed by atoms with Gasteiger partial charge in [0.1, 0.15) is 0 Å². The minimum absolute atomic E-state index is 0.0636. The number of hydrogen-bond donors (Lipinski definition) is 2. The van der Waals surface area contributed by atoms with E-state index in [9.17, 15) is 9.59 Å². The van der Waals surface area contributed by atoms with Gasteiger partial charge in [-0.15, -0.1) is 0 Å². The molecule has 2 amide bonds. The number of unbranched alkanes of at least 4 members (excludes halogenated alkanes) is 1. The summed E-state index contributed by atoms with van der Waals surface area (Å²) >= 11 is 5.99. The molecule has 2 aromatic rings. The molecular weight excluding hydrogens is 424 g/mol. The summed E-state index contributed by atoms with van der Waals surface area (Å²) in [5.41, 5.74) is 4.20. The molecule has 170 valence electrons. The second-order valence-electron chi connectivity index (χ2n) is 8.02. The maximum Gasteiger partial charge on any atom is 0.257 e. The lowest BCUT2D eigenvalue weighted by atomic mass is 10.0. The summed E-state index contributed by atoms with van der Waals surface area (Å²) < 4.78 is 0. The maximum atomic E-state index is 12.9. The third-order valence-electron chi connectivity index (χ3n) is 5.60. The second kappa shape index (κ2) is 13.0. The monoisotopic (exact) mass is 454 g/mol. The van der Waals surface area contributed by atoms with E-state index in [0.29, 0.717) is 17.1 Å². The fraction of sp³-hybridized carbons (Fsp3) is 0.400. The highest BCUT2D eigenvalue weighted by Crippen LogP contribution is 2.17. The first-order chi connectivity index (χ1) is 15.6. The fourth-order valence-electron chi connectivity index (χ4n) is 3.90. The van der Waals surface area contributed by atoms with Crippen LogP contribution in [0.2, 0.25) is 5.02 Å². The van der Waals surface area contributed by atoms with Gasteiger partial charge >= 0.3 is 0 Å². The summed E-state index contributed by atoms with van der Waals surface area (Å²) in [6.07, 6.45) is 7.45. The van der Waals surface area contributed by atoms with Gasteiger partial charge < -0.3 is 5.32 Å². The highest BCUT2D eigenvalue weighted by molar-refractivity contribution is 6.30. The van der Waals surface area contributed by atoms with E-state index in [1.165, 1.54) is 6.42 Å². The van der Waals surface area contributed by atoms with Gasteiger partial charge in [0.15, 0.2) is 0 Å². The van der Waals surface area contributed by atoms with Gasteiger partial charge in [-0.05, 0) is 75.0 Å². The van der Waals surface area contributed by atoms with E-state index in [2.05, 4.69) is 20.7 Å². The van der Waals surface area contributed by atoms with Gasteiger partial charge in [0.25, 0.3) is 11.8 Å². The van der Waals surface area contributed by atoms with Crippen LogP contribution < -0.4 is 10.7 Å². The third kappa shape index (κ3) is 7.77. The summed E-state index contributed by atoms with van der Waals surface area (Å²) in [6.45, 7) is 2.46. The first-order valence-electron chi connectivity index (χ1n) is 11.3. The lowest BCUT2D eigenvalue weighted by molar-refractivity contribution is -0.127. The minimum atomic E-state index is -0.211. The molecule has 32 heavy (non-hydrogen) atoms. The van der Waals surface area contributed by atoms with Crippen LogP contribution in [0, 0.1) is 0 Å². The van der Waals surface area contributed by atoms with Gasteiger partial charge in [0, 0.05) is 17.1 Å². The molecule has 0 spiro atoms. The van der Waals surface area contributed by atoms with E-state index in [1.807, 2.05) is 30.3 Å². The topological polar surface area (TPSA) is 73.8 Å². The number of piperidine rings is 1. The summed E-state index contributed by atoms with van der Waals surface area (Å²) in [7, 11) is 0. The minimum Gasteiger partial charge on any atom is -0.352 e. The van der Waals surface area contributed by atoms with Crippen molar-refractivity contribution in [2.45, 2.75) is 44.6 Å². The number of benzene rings is 2. The Hall–Kier alpha value is -2.70. The number of nitrogens with one attached hydrogen (secondary N) is 2. The zero-order valence-electron chi connectivity index (χ0n) is 18.3. The quantitative estimate of drug-likeness (QED) is 0.320. The lowest BCUT2D eigenvalue weighted by Crippen LogP contribution is -2.47. The SMILES string of the molecule is O=C(NCCCCC(C(=O)N/N=C/c1cccc(Cl)c1)N1CCCCC1)c1ccccc1. The van der Waals surface area contributed by atoms with Crippen LogP contribution in [-0.2, 0) is 4.79 Å². The molecule has 1 saturated heterocycles. The van der Waals surface area contributed by atoms with E-state index in [4.69, 9.17) is 11.6 Å². The molecule has 7 heteroatoms. The van der Waals surface area contributed by atoms with Gasteiger partial charge in [-0.3, -0.25) is 14.5 Å². The van der Waals surface area contributed by atoms with Crippen LogP contribution in [0.5, 0.6) is 0 Å². The van der Waals surface area contributed by atoms with E-state index >= 15 is 0 Å². The molecule has 2 N–H and O–H groups in total. The zero-order valence-corrected chi connectivity index (χ0v) is 19.1. The molecule has 1 aliphatic heterocycles. The Morgan fingerprint density at radius 3 is 2.56 bits per heavy atom. The van der Waals surface area contributed by atoms with E-state index in [1.54, 1.807) is 30.5 Å². The third-order valence-corrected chi connectivity index (χ3v) is 5.83. The van der Waals surface area contributed by atoms with Crippen molar-refractivity contribution in [2.24, 2.45) is 5.10 Å². The largest absolute Gasteiger partial charge is 0.352 e. The van der Waals surface area contributed by atoms with Gasteiger partial charge in [-0.25, -0.2) is 5.43 Å². The molecule has 3 rings (SSSR count). The molecule has 1 aliphatic rings. The van der Waals surface area contributed by atoms with Crippen LogP contribution in [0.4, 0.5) is 0 Å². The molecule has 1 heterocycles. The van der Waals surface area contributed by atoms with Crippen molar-refractivity contribution < 1.29 is 9.59 Å². The number of amides is 2. The van der Waals surface area contributed by atoms with Gasteiger partial charge in [0.2, 0.25) is 0 Å². The van der Waals surface area contributed by atoms with Crippen LogP contribution in [0.3, 0.4) is 0 Å². The van der Waals surface area contributed by atoms with Gasteiger partial charge in [-0.1, -0.05) is 48.4 Å². The molecular formula is C25H31ClN4O2. The highest BCUT2D eigenvalue weighted by Gasteiger charge is 2.26. The van der Waals surface area contributed by atoms with Crippen LogP contribution in [-0.4, -0.2) is 48.6 Å². The second-order valence-corrected chi connectivity index (χ2v) is 8.46. The molecule has 1 atom stereocenters. The first-order valence-corrected chi connectivity index (χ1v) is 11.7. The van der Waals surface area contributed by atoms with Crippen molar-refractivity contribution >= 4 is 29.6 Å².